The van der Waals surface area contributed by atoms with Crippen LogP contribution in [-0.4, -0.2) is 49.4 Å². The average Bonchev–Trinajstić information content (AvgIpc) is 1.90. The summed E-state index contributed by atoms with van der Waals surface area (Å²) in [5, 5.41) is 0. The summed E-state index contributed by atoms with van der Waals surface area (Å²) in [6, 6.07) is 0. The van der Waals surface area contributed by atoms with Crippen molar-refractivity contribution in [3.05, 3.63) is 0 Å². The van der Waals surface area contributed by atoms with E-state index in [1.807, 2.05) is 0 Å². The quantitative estimate of drug-likeness (QED) is 0.440. The van der Waals surface area contributed by atoms with E-state index in [1.165, 1.54) is 0 Å². The molecule has 1 heterocycles. The molecule has 1 rings (SSSR count). The van der Waals surface area contributed by atoms with Crippen LogP contribution in [0, 0.1) is 0 Å². The number of hydrogen-bond donors (Lipinski definition) is 0. The second kappa shape index (κ2) is 2.82. The van der Waals surface area contributed by atoms with E-state index in [-0.39, 0.29) is 0 Å². The zero-order valence-electron chi connectivity index (χ0n) is 5.71. The van der Waals surface area contributed by atoms with Crippen LogP contribution >= 0.6 is 0 Å². The van der Waals surface area contributed by atoms with Gasteiger partial charge in [0.2, 0.25) is 6.41 Å². The van der Waals surface area contributed by atoms with Gasteiger partial charge in [0.1, 0.15) is 0 Å². The number of hydrogen-bond acceptors (Lipinski definition) is 2. The minimum absolute atomic E-state index is 0.889. The molecular formula is C6H12N2O. The van der Waals surface area contributed by atoms with Crippen LogP contribution < -0.4 is 0 Å². The van der Waals surface area contributed by atoms with E-state index < -0.39 is 0 Å². The molecule has 3 heteroatoms. The maximum atomic E-state index is 10.2. The van der Waals surface area contributed by atoms with Gasteiger partial charge in [-0.15, -0.1) is 0 Å². The van der Waals surface area contributed by atoms with Gasteiger partial charge in [-0.3, -0.25) is 4.79 Å². The lowest BCUT2D eigenvalue weighted by atomic mass is 10.4. The van der Waals surface area contributed by atoms with Crippen molar-refractivity contribution in [2.75, 3.05) is 33.2 Å². The second-order valence-corrected chi connectivity index (χ2v) is 2.44. The van der Waals surface area contributed by atoms with E-state index in [2.05, 4.69) is 11.9 Å². The lowest BCUT2D eigenvalue weighted by Gasteiger charge is -2.29. The Kier molecular flexibility index (Phi) is 2.05. The molecule has 52 valence electrons. The molecule has 1 aliphatic heterocycles. The molecule has 0 saturated carbocycles. The molecule has 9 heavy (non-hydrogen) atoms. The Morgan fingerprint density at radius 2 is 1.78 bits per heavy atom. The Morgan fingerprint density at radius 1 is 1.22 bits per heavy atom. The molecule has 1 saturated heterocycles. The Morgan fingerprint density at radius 3 is 2.22 bits per heavy atom. The smallest absolute Gasteiger partial charge is 0.209 e. The summed E-state index contributed by atoms with van der Waals surface area (Å²) in [5.41, 5.74) is 0. The van der Waals surface area contributed by atoms with Crippen molar-refractivity contribution < 1.29 is 4.79 Å². The van der Waals surface area contributed by atoms with Crippen molar-refractivity contribution in [1.82, 2.24) is 9.80 Å². The molecule has 0 aromatic rings. The molecular weight excluding hydrogens is 116 g/mol. The molecule has 0 atom stereocenters. The summed E-state index contributed by atoms with van der Waals surface area (Å²) in [5.74, 6) is 0. The maximum Gasteiger partial charge on any atom is 0.209 e. The van der Waals surface area contributed by atoms with E-state index in [0.717, 1.165) is 32.6 Å². The van der Waals surface area contributed by atoms with Crippen LogP contribution in [0.25, 0.3) is 0 Å². The molecule has 1 aliphatic rings. The zero-order chi connectivity index (χ0) is 6.69. The maximum absolute atomic E-state index is 10.2. The van der Waals surface area contributed by atoms with Gasteiger partial charge in [-0.1, -0.05) is 0 Å². The van der Waals surface area contributed by atoms with Gasteiger partial charge in [-0.05, 0) is 7.05 Å². The third-order valence-electron chi connectivity index (χ3n) is 1.69. The van der Waals surface area contributed by atoms with E-state index in [9.17, 15) is 4.79 Å². The van der Waals surface area contributed by atoms with Crippen LogP contribution in [0.4, 0.5) is 0 Å². The summed E-state index contributed by atoms with van der Waals surface area (Å²) in [7, 11) is 2.07. The van der Waals surface area contributed by atoms with Gasteiger partial charge >= 0.3 is 0 Å². The van der Waals surface area contributed by atoms with Crippen LogP contribution in [0.1, 0.15) is 0 Å². The molecule has 0 unspecified atom stereocenters. The van der Waals surface area contributed by atoms with Crippen molar-refractivity contribution in [1.29, 1.82) is 0 Å². The average molecular weight is 128 g/mol. The molecule has 1 fully saturated rings. The normalized spacial score (nSPS) is 22.1. The summed E-state index contributed by atoms with van der Waals surface area (Å²) >= 11 is 0. The van der Waals surface area contributed by atoms with Crippen molar-refractivity contribution in [2.24, 2.45) is 0 Å². The third kappa shape index (κ3) is 1.68. The number of likely N-dealkylation sites (N-methyl/N-ethyl adjacent to an activating group) is 1. The summed E-state index contributed by atoms with van der Waals surface area (Å²) in [6.45, 7) is 3.80. The van der Waals surface area contributed by atoms with Gasteiger partial charge in [0, 0.05) is 26.2 Å². The molecule has 0 bridgehead atoms. The number of piperazine rings is 1. The number of carbonyl (C=O) groups is 1. The fraction of sp³-hybridized carbons (Fsp3) is 0.833. The van der Waals surface area contributed by atoms with Gasteiger partial charge < -0.3 is 9.80 Å². The third-order valence-corrected chi connectivity index (χ3v) is 1.69. The van der Waals surface area contributed by atoms with Crippen LogP contribution in [0.5, 0.6) is 0 Å². The molecule has 0 aliphatic carbocycles. The van der Waals surface area contributed by atoms with Gasteiger partial charge in [-0.2, -0.15) is 0 Å². The van der Waals surface area contributed by atoms with Crippen molar-refractivity contribution in [3.8, 4) is 0 Å². The Labute approximate surface area is 55.2 Å². The van der Waals surface area contributed by atoms with Crippen LogP contribution in [0.3, 0.4) is 0 Å². The van der Waals surface area contributed by atoms with Gasteiger partial charge in [0.05, 0.1) is 0 Å². The van der Waals surface area contributed by atoms with Crippen molar-refractivity contribution >= 4 is 6.41 Å². The van der Waals surface area contributed by atoms with Gasteiger partial charge in [0.15, 0.2) is 0 Å². The fourth-order valence-electron chi connectivity index (χ4n) is 0.927. The zero-order valence-corrected chi connectivity index (χ0v) is 5.71. The van der Waals surface area contributed by atoms with E-state index in [1.54, 1.807) is 4.90 Å². The first-order valence-electron chi connectivity index (χ1n) is 3.21. The van der Waals surface area contributed by atoms with E-state index in [0.29, 0.717) is 0 Å². The standard InChI is InChI=1S/C6H12N2O/c1-7-2-4-8(6-9)5-3-7/h6H,2-5H2,1H3. The number of amides is 1. The molecule has 3 nitrogen and oxygen atoms in total. The molecule has 0 aromatic heterocycles. The van der Waals surface area contributed by atoms with Crippen molar-refractivity contribution in [3.63, 3.8) is 0 Å². The van der Waals surface area contributed by atoms with Gasteiger partial charge in [0.25, 0.3) is 0 Å². The minimum Gasteiger partial charge on any atom is -0.343 e. The predicted octanol–water partition coefficient (Wildman–Crippen LogP) is -0.610. The lowest BCUT2D eigenvalue weighted by Crippen LogP contribution is -2.43. The predicted molar refractivity (Wildman–Crippen MR) is 35.1 cm³/mol. The first-order valence-corrected chi connectivity index (χ1v) is 3.21. The highest BCUT2D eigenvalue weighted by Gasteiger charge is 2.10. The highest BCUT2D eigenvalue weighted by molar-refractivity contribution is 5.47. The molecule has 0 aromatic carbocycles. The Bertz CT molecular complexity index is 97.2. The molecule has 0 spiro atoms. The van der Waals surface area contributed by atoms with E-state index >= 15 is 0 Å². The topological polar surface area (TPSA) is 23.6 Å². The lowest BCUT2D eigenvalue weighted by molar-refractivity contribution is -0.119. The Balaban J connectivity index is 2.26. The summed E-state index contributed by atoms with van der Waals surface area (Å²) in [4.78, 5) is 14.2. The summed E-state index contributed by atoms with van der Waals surface area (Å²) in [6.07, 6.45) is 0.924. The fourth-order valence-corrected chi connectivity index (χ4v) is 0.927. The highest BCUT2D eigenvalue weighted by Crippen LogP contribution is 1.94. The Hall–Kier alpha value is -0.570. The SMILES string of the molecule is CN1CCN(C=O)CC1. The number of carbonyl (C=O) groups excluding carboxylic acids is 1. The highest BCUT2D eigenvalue weighted by atomic mass is 16.1. The molecule has 0 radical (unpaired) electrons. The minimum atomic E-state index is 0.889. The van der Waals surface area contributed by atoms with E-state index in [4.69, 9.17) is 0 Å². The first-order chi connectivity index (χ1) is 4.33. The van der Waals surface area contributed by atoms with Crippen LogP contribution in [0.2, 0.25) is 0 Å². The van der Waals surface area contributed by atoms with Crippen LogP contribution in [0.15, 0.2) is 0 Å². The summed E-state index contributed by atoms with van der Waals surface area (Å²) < 4.78 is 0. The largest absolute Gasteiger partial charge is 0.343 e. The van der Waals surface area contributed by atoms with Crippen LogP contribution in [-0.2, 0) is 4.79 Å². The first kappa shape index (κ1) is 6.55. The second-order valence-electron chi connectivity index (χ2n) is 2.44. The van der Waals surface area contributed by atoms with Gasteiger partial charge in [-0.25, -0.2) is 0 Å². The number of nitrogens with zero attached hydrogens (tertiary/aromatic N) is 2. The monoisotopic (exact) mass is 128 g/mol. The molecule has 0 N–H and O–H groups in total. The van der Waals surface area contributed by atoms with Crippen molar-refractivity contribution in [2.45, 2.75) is 0 Å². The number of rotatable bonds is 1. The molecule has 1 amide bonds.